The minimum Gasteiger partial charge on any atom is -0.342 e. The van der Waals surface area contributed by atoms with Crippen LogP contribution in [0.15, 0.2) is 183 Å². The Balaban J connectivity index is 0.785. The molecule has 6 aromatic heterocycles. The van der Waals surface area contributed by atoms with Crippen LogP contribution in [0.5, 0.6) is 0 Å². The molecule has 0 N–H and O–H groups in total. The average molecular weight is 1090 g/mol. The van der Waals surface area contributed by atoms with E-state index in [4.69, 9.17) is 0 Å². The zero-order chi connectivity index (χ0) is 56.5. The highest BCUT2D eigenvalue weighted by molar-refractivity contribution is 6.00. The number of para-hydroxylation sites is 6. The number of rotatable bonds is 6. The first-order valence-electron chi connectivity index (χ1n) is 29.8. The molecule has 14 aromatic rings. The van der Waals surface area contributed by atoms with Crippen LogP contribution in [0.2, 0.25) is 0 Å². The lowest BCUT2D eigenvalue weighted by molar-refractivity contribution is 0.765. The van der Waals surface area contributed by atoms with E-state index in [2.05, 4.69) is 288 Å². The van der Waals surface area contributed by atoms with Crippen molar-refractivity contribution in [2.75, 3.05) is 0 Å². The normalized spacial score (nSPS) is 14.1. The highest BCUT2D eigenvalue weighted by Gasteiger charge is 2.24. The number of nitrogens with zero attached hydrogens (tertiary/aromatic N) is 6. The molecule has 12 bridgehead atoms. The Kier molecular flexibility index (Phi) is 11.6. The Morgan fingerprint density at radius 3 is 0.821 bits per heavy atom. The largest absolute Gasteiger partial charge is 0.342 e. The summed E-state index contributed by atoms with van der Waals surface area (Å²) in [4.78, 5) is 0. The number of hydrogen-bond donors (Lipinski definition) is 0. The molecule has 0 fully saturated rings. The summed E-state index contributed by atoms with van der Waals surface area (Å²) in [6, 6.07) is 53.6. The fourth-order valence-electron chi connectivity index (χ4n) is 15.0. The van der Waals surface area contributed by atoms with Crippen molar-refractivity contribution in [1.82, 2.24) is 27.4 Å². The van der Waals surface area contributed by atoms with E-state index in [0.717, 1.165) is 39.3 Å². The summed E-state index contributed by atoms with van der Waals surface area (Å²) < 4.78 is 14.9. The standard InChI is InChI=1S/C78H66N6/c1-49-67-43-79-37-55(61-19-7-13-25-73(61)79)31-32-56-38-80(74-26-14-8-20-62(56)74)44-68(53(67)5)50(2)71(49)47-83-41-59(65-23-11-17-29-77(65)83)35-36-60-42-84(78-30-18-12-24-66(60)78)48-72-51(3)69-45-81-39-57(63-21-9-15-27-75(63)81)33-34-58-40-82(46-70(52(72)4)54(69)6)76-28-16-10-22-64(58)76/h7-42H,43-48H2,1-6H3/b32-31-,34-33-,36-35+. The topological polar surface area (TPSA) is 29.6 Å². The second-order valence-corrected chi connectivity index (χ2v) is 24.0. The lowest BCUT2D eigenvalue weighted by Crippen LogP contribution is -2.14. The average Bonchev–Trinajstić information content (AvgIpc) is 3.71. The SMILES string of the molecule is Cc1c2c(C)c(Cn3cc(/C=C/c4cn(Cc5c(C)c6c(C)c(c5C)Cn5cc(c7ccccc75)/C=C\c5cn(c7ccccc57)C6)c5ccccc45)c4ccccc43)c(C)c1Cn1cc(c3ccccc31)/C=C\c1cn(c3ccccc13)C2. The van der Waals surface area contributed by atoms with E-state index in [-0.39, 0.29) is 0 Å². The van der Waals surface area contributed by atoms with Crippen LogP contribution in [0.4, 0.5) is 0 Å². The minimum absolute atomic E-state index is 0.766. The van der Waals surface area contributed by atoms with Gasteiger partial charge in [-0.3, -0.25) is 0 Å². The summed E-state index contributed by atoms with van der Waals surface area (Å²) in [5.41, 5.74) is 31.6. The van der Waals surface area contributed by atoms with Gasteiger partial charge in [0, 0.05) is 175 Å². The Morgan fingerprint density at radius 2 is 0.536 bits per heavy atom. The maximum absolute atomic E-state index is 2.51. The molecular weight excluding hydrogens is 1020 g/mol. The fourth-order valence-corrected chi connectivity index (χ4v) is 15.0. The van der Waals surface area contributed by atoms with Gasteiger partial charge < -0.3 is 27.4 Å². The molecule has 6 nitrogen and oxygen atoms in total. The molecule has 0 radical (unpaired) electrons. The predicted octanol–water partition coefficient (Wildman–Crippen LogP) is 18.7. The van der Waals surface area contributed by atoms with E-state index in [1.165, 1.54) is 166 Å². The Morgan fingerprint density at radius 1 is 0.286 bits per heavy atom. The summed E-state index contributed by atoms with van der Waals surface area (Å²) in [5.74, 6) is 0. The lowest BCUT2D eigenvalue weighted by atomic mass is 9.87. The second kappa shape index (κ2) is 19.4. The van der Waals surface area contributed by atoms with Gasteiger partial charge in [-0.25, -0.2) is 0 Å². The Hall–Kier alpha value is -9.78. The van der Waals surface area contributed by atoms with Crippen LogP contribution in [0.1, 0.15) is 100 Å². The van der Waals surface area contributed by atoms with E-state index in [1.54, 1.807) is 0 Å². The Labute approximate surface area is 490 Å². The summed E-state index contributed by atoms with van der Waals surface area (Å²) in [6.07, 6.45) is 28.2. The summed E-state index contributed by atoms with van der Waals surface area (Å²) >= 11 is 0. The maximum atomic E-state index is 2.51. The molecule has 2 aliphatic heterocycles. The van der Waals surface area contributed by atoms with E-state index < -0.39 is 0 Å². The zero-order valence-electron chi connectivity index (χ0n) is 48.7. The van der Waals surface area contributed by atoms with Gasteiger partial charge in [-0.05, 0) is 145 Å². The summed E-state index contributed by atoms with van der Waals surface area (Å²) in [5, 5.41) is 7.63. The van der Waals surface area contributed by atoms with E-state index >= 15 is 0 Å². The molecule has 0 saturated heterocycles. The van der Waals surface area contributed by atoms with Crippen LogP contribution < -0.4 is 0 Å². The summed E-state index contributed by atoms with van der Waals surface area (Å²) in [6.45, 7) is 19.0. The third kappa shape index (κ3) is 7.91. The second-order valence-electron chi connectivity index (χ2n) is 24.0. The third-order valence-corrected chi connectivity index (χ3v) is 19.6. The molecule has 2 aliphatic rings. The van der Waals surface area contributed by atoms with Crippen molar-refractivity contribution in [2.24, 2.45) is 0 Å². The number of aromatic nitrogens is 6. The first-order valence-corrected chi connectivity index (χ1v) is 29.8. The molecule has 0 amide bonds. The number of fused-ring (bicyclic) bond motifs is 26. The molecular formula is C78H66N6. The van der Waals surface area contributed by atoms with Crippen molar-refractivity contribution in [3.63, 3.8) is 0 Å². The van der Waals surface area contributed by atoms with Crippen LogP contribution in [0, 0.1) is 41.5 Å². The van der Waals surface area contributed by atoms with Crippen molar-refractivity contribution in [3.05, 3.63) is 283 Å². The summed E-state index contributed by atoms with van der Waals surface area (Å²) in [7, 11) is 0. The van der Waals surface area contributed by atoms with E-state index in [0.29, 0.717) is 0 Å². The first kappa shape index (κ1) is 50.0. The van der Waals surface area contributed by atoms with Crippen molar-refractivity contribution >= 4 is 102 Å². The minimum atomic E-state index is 0.766. The van der Waals surface area contributed by atoms with Gasteiger partial charge in [0.05, 0.1) is 0 Å². The number of hydrogen-bond acceptors (Lipinski definition) is 0. The van der Waals surface area contributed by atoms with Gasteiger partial charge in [0.25, 0.3) is 0 Å². The van der Waals surface area contributed by atoms with Gasteiger partial charge in [-0.2, -0.15) is 0 Å². The third-order valence-electron chi connectivity index (χ3n) is 19.6. The lowest BCUT2D eigenvalue weighted by Gasteiger charge is -2.24. The van der Waals surface area contributed by atoms with Gasteiger partial charge in [0.2, 0.25) is 0 Å². The van der Waals surface area contributed by atoms with Crippen LogP contribution >= 0.6 is 0 Å². The molecule has 8 aromatic carbocycles. The molecule has 8 heterocycles. The Bertz CT molecular complexity index is 4610. The van der Waals surface area contributed by atoms with Crippen LogP contribution in [0.3, 0.4) is 0 Å². The van der Waals surface area contributed by atoms with Gasteiger partial charge in [-0.1, -0.05) is 146 Å². The fraction of sp³-hybridized carbons (Fsp3) is 0.154. The molecule has 16 rings (SSSR count). The molecule has 6 heteroatoms. The number of benzene rings is 8. The van der Waals surface area contributed by atoms with Gasteiger partial charge in [0.1, 0.15) is 0 Å². The van der Waals surface area contributed by atoms with Gasteiger partial charge in [0.15, 0.2) is 0 Å². The first-order chi connectivity index (χ1) is 41.1. The van der Waals surface area contributed by atoms with Crippen molar-refractivity contribution < 1.29 is 0 Å². The molecule has 0 saturated carbocycles. The van der Waals surface area contributed by atoms with Crippen molar-refractivity contribution in [3.8, 4) is 0 Å². The van der Waals surface area contributed by atoms with E-state index in [9.17, 15) is 0 Å². The van der Waals surface area contributed by atoms with E-state index in [1.807, 2.05) is 0 Å². The predicted molar refractivity (Wildman–Crippen MR) is 354 cm³/mol. The molecule has 0 spiro atoms. The van der Waals surface area contributed by atoms with Crippen LogP contribution in [-0.2, 0) is 39.3 Å². The van der Waals surface area contributed by atoms with Gasteiger partial charge in [-0.15, -0.1) is 0 Å². The monoisotopic (exact) mass is 1090 g/mol. The van der Waals surface area contributed by atoms with Crippen molar-refractivity contribution in [1.29, 1.82) is 0 Å². The maximum Gasteiger partial charge on any atom is 0.0489 e. The molecule has 84 heavy (non-hydrogen) atoms. The highest BCUT2D eigenvalue weighted by atomic mass is 15.0. The van der Waals surface area contributed by atoms with Crippen LogP contribution in [-0.4, -0.2) is 27.4 Å². The molecule has 0 atom stereocenters. The molecule has 0 aliphatic carbocycles. The van der Waals surface area contributed by atoms with Gasteiger partial charge >= 0.3 is 0 Å². The molecule has 0 unspecified atom stereocenters. The van der Waals surface area contributed by atoms with Crippen molar-refractivity contribution in [2.45, 2.75) is 80.8 Å². The molecule has 408 valence electrons. The highest BCUT2D eigenvalue weighted by Crippen LogP contribution is 2.39. The van der Waals surface area contributed by atoms with Crippen LogP contribution in [0.25, 0.3) is 102 Å². The smallest absolute Gasteiger partial charge is 0.0489 e. The zero-order valence-corrected chi connectivity index (χ0v) is 48.7. The quantitative estimate of drug-likeness (QED) is 0.159.